The highest BCUT2D eigenvalue weighted by molar-refractivity contribution is 6.24. The maximum Gasteiger partial charge on any atom is 0.255 e. The fourth-order valence-electron chi connectivity index (χ4n) is 6.87. The molecule has 3 aliphatic rings. The number of hydrogen-bond acceptors (Lipinski definition) is 9. The van der Waals surface area contributed by atoms with Gasteiger partial charge in [-0.3, -0.25) is 19.3 Å². The first kappa shape index (κ1) is 29.3. The summed E-state index contributed by atoms with van der Waals surface area (Å²) in [6, 6.07) is 6.67. The van der Waals surface area contributed by atoms with E-state index in [4.69, 9.17) is 5.73 Å². The molecule has 4 unspecified atom stereocenters. The molecule has 0 radical (unpaired) electrons. The van der Waals surface area contributed by atoms with Crippen molar-refractivity contribution in [3.8, 4) is 5.75 Å². The predicted molar refractivity (Wildman–Crippen MR) is 152 cm³/mol. The molecule has 6 N–H and O–H groups in total. The lowest BCUT2D eigenvalue weighted by molar-refractivity contribution is -0.153. The highest BCUT2D eigenvalue weighted by Crippen LogP contribution is 2.54. The molecule has 0 aromatic heterocycles. The largest absolute Gasteiger partial charge is 0.508 e. The second kappa shape index (κ2) is 10.2. The average Bonchev–Trinajstić information content (AvgIpc) is 2.90. The Bertz CT molecular complexity index is 1580. The van der Waals surface area contributed by atoms with Crippen LogP contribution in [-0.2, 0) is 33.6 Å². The fourth-order valence-corrected chi connectivity index (χ4v) is 6.87. The zero-order valence-electron chi connectivity index (χ0n) is 23.8. The number of nitrogens with zero attached hydrogens (tertiary/aromatic N) is 2. The van der Waals surface area contributed by atoms with Crippen LogP contribution >= 0.6 is 0 Å². The van der Waals surface area contributed by atoms with Crippen LogP contribution in [0.2, 0.25) is 0 Å². The molecule has 1 fully saturated rings. The minimum atomic E-state index is -2.69. The average molecular weight is 580 g/mol. The number of Topliss-reactive ketones (excluding diaryl/α,β-unsaturated/α-hetero) is 2. The number of phenols is 1. The number of primary amides is 1. The van der Waals surface area contributed by atoms with Crippen LogP contribution in [0.5, 0.6) is 5.75 Å². The number of aliphatic hydroxyl groups excluding tert-OH is 2. The normalized spacial score (nSPS) is 25.4. The molecule has 2 aromatic rings. The topological polar surface area (TPSA) is 165 Å². The summed E-state index contributed by atoms with van der Waals surface area (Å²) in [6.07, 6.45) is 1.03. The third kappa shape index (κ3) is 4.26. The van der Waals surface area contributed by atoms with Crippen LogP contribution in [0.1, 0.15) is 28.7 Å². The molecule has 10 nitrogen and oxygen atoms in total. The van der Waals surface area contributed by atoms with E-state index >= 15 is 0 Å². The lowest BCUT2D eigenvalue weighted by atomic mass is 9.57. The maximum atomic E-state index is 14.1. The smallest absolute Gasteiger partial charge is 0.255 e. The zero-order valence-corrected chi connectivity index (χ0v) is 23.8. The van der Waals surface area contributed by atoms with Gasteiger partial charge in [0.05, 0.1) is 11.6 Å². The van der Waals surface area contributed by atoms with Crippen molar-refractivity contribution in [1.82, 2.24) is 4.90 Å². The number of halogens is 1. The first-order valence-electron chi connectivity index (χ1n) is 13.6. The van der Waals surface area contributed by atoms with E-state index < -0.39 is 58.0 Å². The molecule has 5 rings (SSSR count). The zero-order chi connectivity index (χ0) is 30.8. The van der Waals surface area contributed by atoms with Crippen LogP contribution in [0.4, 0.5) is 10.1 Å². The Hall–Kier alpha value is -4.22. The van der Waals surface area contributed by atoms with Crippen LogP contribution in [0, 0.1) is 17.7 Å². The van der Waals surface area contributed by atoms with E-state index in [2.05, 4.69) is 0 Å². The van der Waals surface area contributed by atoms with Gasteiger partial charge in [-0.25, -0.2) is 4.39 Å². The summed E-state index contributed by atoms with van der Waals surface area (Å²) in [5.74, 6) is -7.16. The summed E-state index contributed by atoms with van der Waals surface area (Å²) in [4.78, 5) is 42.8. The summed E-state index contributed by atoms with van der Waals surface area (Å²) in [5, 5.41) is 45.8. The maximum absolute atomic E-state index is 14.1. The number of aryl methyl sites for hydroxylation is 2. The number of rotatable bonds is 6. The second-order valence-corrected chi connectivity index (χ2v) is 11.7. The number of benzene rings is 2. The van der Waals surface area contributed by atoms with E-state index in [0.717, 1.165) is 5.56 Å². The first-order chi connectivity index (χ1) is 19.7. The van der Waals surface area contributed by atoms with Crippen molar-refractivity contribution in [2.75, 3.05) is 33.1 Å². The van der Waals surface area contributed by atoms with E-state index in [1.807, 2.05) is 25.1 Å². The number of fused-ring (bicyclic) bond motifs is 3. The monoisotopic (exact) mass is 579 g/mol. The fraction of sp³-hybridized carbons (Fsp3) is 0.387. The van der Waals surface area contributed by atoms with Gasteiger partial charge in [-0.1, -0.05) is 12.1 Å². The summed E-state index contributed by atoms with van der Waals surface area (Å²) in [7, 11) is 6.74. The Morgan fingerprint density at radius 1 is 1.07 bits per heavy atom. The van der Waals surface area contributed by atoms with E-state index in [9.17, 15) is 39.2 Å². The molecule has 0 saturated heterocycles. The lowest BCUT2D eigenvalue weighted by Gasteiger charge is -2.50. The third-order valence-electron chi connectivity index (χ3n) is 8.85. The molecule has 3 aliphatic carbocycles. The Balaban J connectivity index is 1.66. The Morgan fingerprint density at radius 2 is 1.71 bits per heavy atom. The Kier molecular flexibility index (Phi) is 7.14. The van der Waals surface area contributed by atoms with Crippen LogP contribution in [0.3, 0.4) is 0 Å². The molecule has 1 saturated carbocycles. The van der Waals surface area contributed by atoms with Crippen molar-refractivity contribution in [3.05, 3.63) is 75.3 Å². The van der Waals surface area contributed by atoms with Gasteiger partial charge in [0.25, 0.3) is 5.91 Å². The molecule has 2 aromatic carbocycles. The second-order valence-electron chi connectivity index (χ2n) is 11.7. The molecule has 222 valence electrons. The Labute approximate surface area is 242 Å². The van der Waals surface area contributed by atoms with Crippen molar-refractivity contribution in [3.63, 3.8) is 0 Å². The van der Waals surface area contributed by atoms with Gasteiger partial charge < -0.3 is 31.1 Å². The molecular formula is C31H34FN3O7. The molecular weight excluding hydrogens is 545 g/mol. The molecule has 1 amide bonds. The van der Waals surface area contributed by atoms with Crippen molar-refractivity contribution >= 4 is 28.9 Å². The summed E-state index contributed by atoms with van der Waals surface area (Å²) in [6.45, 7) is 0. The van der Waals surface area contributed by atoms with Crippen LogP contribution < -0.4 is 10.6 Å². The molecule has 11 heteroatoms. The van der Waals surface area contributed by atoms with Gasteiger partial charge in [0, 0.05) is 31.3 Å². The minimum absolute atomic E-state index is 0.0196. The quantitative estimate of drug-likeness (QED) is 0.322. The number of carbonyl (C=O) groups excluding carboxylic acids is 3. The van der Waals surface area contributed by atoms with Gasteiger partial charge in [-0.2, -0.15) is 0 Å². The number of hydrogen-bond donors (Lipinski definition) is 5. The number of likely N-dealkylation sites (N-methyl/N-ethyl adjacent to an activating group) is 1. The minimum Gasteiger partial charge on any atom is -0.508 e. The number of aliphatic hydroxyl groups is 3. The SMILES string of the molecule is CN(C)c1cc(CCc2ccc(F)cc2)c(O)c2c1CC1CC3C(N(C)C)C(=O)C(C(N)=O)=C(O)C3(O)C(=O)C1=C2O. The third-order valence-corrected chi connectivity index (χ3v) is 8.85. The van der Waals surface area contributed by atoms with E-state index in [1.165, 1.54) is 17.0 Å². The molecule has 0 bridgehead atoms. The van der Waals surface area contributed by atoms with Gasteiger partial charge in [0.2, 0.25) is 5.78 Å². The summed E-state index contributed by atoms with van der Waals surface area (Å²) < 4.78 is 13.4. The van der Waals surface area contributed by atoms with E-state index in [1.54, 1.807) is 26.2 Å². The number of phenolic OH excluding ortho intramolecular Hbond substituents is 1. The van der Waals surface area contributed by atoms with Crippen LogP contribution in [-0.4, -0.2) is 82.6 Å². The molecule has 0 heterocycles. The molecule has 42 heavy (non-hydrogen) atoms. The van der Waals surface area contributed by atoms with Gasteiger partial charge in [0.15, 0.2) is 11.4 Å². The number of aromatic hydroxyl groups is 1. The van der Waals surface area contributed by atoms with Gasteiger partial charge in [-0.15, -0.1) is 0 Å². The predicted octanol–water partition coefficient (Wildman–Crippen LogP) is 1.95. The molecule has 0 aliphatic heterocycles. The number of anilines is 1. The highest BCUT2D eigenvalue weighted by atomic mass is 19.1. The number of ketones is 2. The van der Waals surface area contributed by atoms with Gasteiger partial charge in [0.1, 0.15) is 28.7 Å². The molecule has 0 spiro atoms. The summed E-state index contributed by atoms with van der Waals surface area (Å²) in [5.41, 5.74) is 4.32. The Morgan fingerprint density at radius 3 is 2.29 bits per heavy atom. The van der Waals surface area contributed by atoms with Crippen molar-refractivity contribution in [2.45, 2.75) is 37.3 Å². The highest BCUT2D eigenvalue weighted by Gasteiger charge is 2.64. The number of nitrogens with two attached hydrogens (primary N) is 1. The van der Waals surface area contributed by atoms with Crippen LogP contribution in [0.15, 0.2) is 47.2 Å². The van der Waals surface area contributed by atoms with Crippen molar-refractivity contribution in [1.29, 1.82) is 0 Å². The number of carbonyl (C=O) groups is 3. The van der Waals surface area contributed by atoms with E-state index in [0.29, 0.717) is 29.7 Å². The van der Waals surface area contributed by atoms with Gasteiger partial charge >= 0.3 is 0 Å². The van der Waals surface area contributed by atoms with Crippen molar-refractivity contribution < 1.29 is 39.2 Å². The van der Waals surface area contributed by atoms with Gasteiger partial charge in [-0.05, 0) is 80.6 Å². The van der Waals surface area contributed by atoms with Crippen LogP contribution in [0.25, 0.3) is 5.76 Å². The summed E-state index contributed by atoms with van der Waals surface area (Å²) >= 11 is 0. The number of amides is 1. The molecule has 4 atom stereocenters. The van der Waals surface area contributed by atoms with E-state index in [-0.39, 0.29) is 35.5 Å². The lowest BCUT2D eigenvalue weighted by Crippen LogP contribution is -2.65. The first-order valence-corrected chi connectivity index (χ1v) is 13.6. The standard InChI is InChI=1S/C31H34FN3O7/c1-34(2)20-13-15(8-5-14-6-9-17(32)10-7-14)25(36)22-18(20)11-16-12-19-24(35(3)4)27(38)23(30(33)41)29(40)31(19,42)28(39)21(16)26(22)37/h6-7,9-10,13,16,19,24,36-37,40,42H,5,8,11-12H2,1-4H3,(H2,33,41). The van der Waals surface area contributed by atoms with Crippen molar-refractivity contribution in [2.24, 2.45) is 17.6 Å².